The second kappa shape index (κ2) is 4.30. The molecule has 1 heterocycles. The van der Waals surface area contributed by atoms with E-state index in [9.17, 15) is 13.2 Å². The molecule has 0 bridgehead atoms. The van der Waals surface area contributed by atoms with E-state index in [2.05, 4.69) is 13.7 Å². The molecule has 0 aromatic carbocycles. The molecule has 0 aliphatic carbocycles. The van der Waals surface area contributed by atoms with Crippen LogP contribution in [0.25, 0.3) is 0 Å². The number of hydrogen-bond donors (Lipinski definition) is 0. The quantitative estimate of drug-likeness (QED) is 0.366. The number of terminal acetylenes is 1. The van der Waals surface area contributed by atoms with E-state index >= 15 is 0 Å². The van der Waals surface area contributed by atoms with Crippen molar-refractivity contribution >= 4 is 16.3 Å². The van der Waals surface area contributed by atoms with Crippen LogP contribution in [0, 0.1) is 12.3 Å². The molecule has 0 radical (unpaired) electrons. The molecule has 0 spiro atoms. The van der Waals surface area contributed by atoms with Crippen LogP contribution in [-0.4, -0.2) is 33.2 Å². The molecule has 1 rings (SSSR count). The van der Waals surface area contributed by atoms with Gasteiger partial charge in [0, 0.05) is 6.42 Å². The standard InChI is InChI=1S/C7H8O6S/c1-2-4-11-7(8)13-6-3-5-12-14(6,9)10/h1,6H,3-5H2. The summed E-state index contributed by atoms with van der Waals surface area (Å²) in [6.07, 6.45) is 3.81. The van der Waals surface area contributed by atoms with Gasteiger partial charge in [-0.25, -0.2) is 4.79 Å². The lowest BCUT2D eigenvalue weighted by Crippen LogP contribution is -2.23. The fraction of sp³-hybridized carbons (Fsp3) is 0.571. The first kappa shape index (κ1) is 10.8. The molecule has 1 aliphatic rings. The normalized spacial score (nSPS) is 23.8. The average Bonchev–Trinajstić information content (AvgIpc) is 2.43. The van der Waals surface area contributed by atoms with Crippen LogP contribution in [0.4, 0.5) is 4.79 Å². The van der Waals surface area contributed by atoms with Gasteiger partial charge in [0.25, 0.3) is 0 Å². The maximum absolute atomic E-state index is 11.0. The van der Waals surface area contributed by atoms with Gasteiger partial charge in [0.1, 0.15) is 0 Å². The zero-order valence-corrected chi connectivity index (χ0v) is 7.95. The van der Waals surface area contributed by atoms with Crippen LogP contribution in [0.5, 0.6) is 0 Å². The summed E-state index contributed by atoms with van der Waals surface area (Å²) in [5, 5.41) is 0. The van der Waals surface area contributed by atoms with Crippen molar-refractivity contribution in [2.75, 3.05) is 13.2 Å². The van der Waals surface area contributed by atoms with Crippen molar-refractivity contribution in [3.05, 3.63) is 0 Å². The smallest absolute Gasteiger partial charge is 0.421 e. The van der Waals surface area contributed by atoms with Gasteiger partial charge in [0.05, 0.1) is 6.61 Å². The Balaban J connectivity index is 2.45. The Labute approximate surface area is 81.3 Å². The van der Waals surface area contributed by atoms with Gasteiger partial charge in [0.15, 0.2) is 6.61 Å². The number of carbonyl (C=O) groups excluding carboxylic acids is 1. The zero-order chi connectivity index (χ0) is 10.6. The summed E-state index contributed by atoms with van der Waals surface area (Å²) < 4.78 is 35.1. The lowest BCUT2D eigenvalue weighted by atomic mass is 10.5. The predicted octanol–water partition coefficient (Wildman–Crippen LogP) is -0.151. The minimum atomic E-state index is -3.78. The van der Waals surface area contributed by atoms with E-state index in [1.807, 2.05) is 5.92 Å². The number of carbonyl (C=O) groups is 1. The Morgan fingerprint density at radius 2 is 2.36 bits per heavy atom. The van der Waals surface area contributed by atoms with E-state index in [1.165, 1.54) is 0 Å². The fourth-order valence-corrected chi connectivity index (χ4v) is 1.90. The molecular weight excluding hydrogens is 212 g/mol. The topological polar surface area (TPSA) is 78.9 Å². The molecule has 1 aliphatic heterocycles. The summed E-state index contributed by atoms with van der Waals surface area (Å²) in [5.74, 6) is 2.04. The monoisotopic (exact) mass is 220 g/mol. The summed E-state index contributed by atoms with van der Waals surface area (Å²) >= 11 is 0. The lowest BCUT2D eigenvalue weighted by Gasteiger charge is -2.08. The van der Waals surface area contributed by atoms with Crippen molar-refractivity contribution in [3.8, 4) is 12.3 Å². The Kier molecular flexibility index (Phi) is 3.33. The maximum Gasteiger partial charge on any atom is 0.510 e. The SMILES string of the molecule is C#CCOC(=O)OC1CCOS1(=O)=O. The summed E-state index contributed by atoms with van der Waals surface area (Å²) in [7, 11) is -3.78. The number of ether oxygens (including phenoxy) is 2. The largest absolute Gasteiger partial charge is 0.510 e. The van der Waals surface area contributed by atoms with Crippen LogP contribution in [0.15, 0.2) is 0 Å². The Morgan fingerprint density at radius 1 is 1.64 bits per heavy atom. The van der Waals surface area contributed by atoms with E-state index in [0.29, 0.717) is 0 Å². The molecule has 0 aromatic rings. The highest BCUT2D eigenvalue weighted by atomic mass is 32.2. The molecule has 78 valence electrons. The van der Waals surface area contributed by atoms with Gasteiger partial charge < -0.3 is 9.47 Å². The van der Waals surface area contributed by atoms with E-state index in [-0.39, 0.29) is 19.6 Å². The van der Waals surface area contributed by atoms with Crippen molar-refractivity contribution in [1.29, 1.82) is 0 Å². The third-order valence-corrected chi connectivity index (χ3v) is 2.90. The van der Waals surface area contributed by atoms with Crippen molar-refractivity contribution in [1.82, 2.24) is 0 Å². The first-order valence-corrected chi connectivity index (χ1v) is 5.18. The first-order chi connectivity index (χ1) is 6.56. The third-order valence-electron chi connectivity index (χ3n) is 1.42. The number of hydrogen-bond acceptors (Lipinski definition) is 6. The summed E-state index contributed by atoms with van der Waals surface area (Å²) in [6.45, 7) is -0.248. The van der Waals surface area contributed by atoms with Crippen LogP contribution in [0.1, 0.15) is 6.42 Å². The lowest BCUT2D eigenvalue weighted by molar-refractivity contribution is 0.0542. The Morgan fingerprint density at radius 3 is 2.86 bits per heavy atom. The fourth-order valence-electron chi connectivity index (χ4n) is 0.841. The summed E-state index contributed by atoms with van der Waals surface area (Å²) in [6, 6.07) is 0. The van der Waals surface area contributed by atoms with E-state index in [1.54, 1.807) is 0 Å². The maximum atomic E-state index is 11.0. The van der Waals surface area contributed by atoms with E-state index in [0.717, 1.165) is 0 Å². The van der Waals surface area contributed by atoms with Gasteiger partial charge in [-0.05, 0) is 0 Å². The molecule has 0 N–H and O–H groups in total. The van der Waals surface area contributed by atoms with Crippen molar-refractivity contribution in [3.63, 3.8) is 0 Å². The molecule has 1 atom stereocenters. The highest BCUT2D eigenvalue weighted by Crippen LogP contribution is 2.18. The molecule has 0 amide bonds. The second-order valence-electron chi connectivity index (χ2n) is 2.39. The van der Waals surface area contributed by atoms with Crippen molar-refractivity contribution in [2.45, 2.75) is 11.9 Å². The van der Waals surface area contributed by atoms with Crippen LogP contribution in [0.2, 0.25) is 0 Å². The first-order valence-electron chi connectivity index (χ1n) is 3.71. The van der Waals surface area contributed by atoms with Gasteiger partial charge in [-0.3, -0.25) is 4.18 Å². The molecule has 1 fully saturated rings. The Hall–Kier alpha value is -1.26. The minimum absolute atomic E-state index is 0.00934. The second-order valence-corrected chi connectivity index (χ2v) is 4.14. The van der Waals surface area contributed by atoms with Crippen LogP contribution < -0.4 is 0 Å². The molecule has 0 saturated carbocycles. The van der Waals surface area contributed by atoms with Crippen molar-refractivity contribution in [2.24, 2.45) is 0 Å². The highest BCUT2D eigenvalue weighted by molar-refractivity contribution is 7.87. The molecule has 1 unspecified atom stereocenters. The van der Waals surface area contributed by atoms with Crippen LogP contribution in [0.3, 0.4) is 0 Å². The van der Waals surface area contributed by atoms with Crippen LogP contribution >= 0.6 is 0 Å². The van der Waals surface area contributed by atoms with Crippen molar-refractivity contribution < 1.29 is 26.9 Å². The average molecular weight is 220 g/mol. The van der Waals surface area contributed by atoms with E-state index < -0.39 is 21.7 Å². The molecular formula is C7H8O6S. The molecule has 1 saturated heterocycles. The van der Waals surface area contributed by atoms with Gasteiger partial charge in [-0.2, -0.15) is 8.42 Å². The summed E-state index contributed by atoms with van der Waals surface area (Å²) in [4.78, 5) is 10.8. The Bertz CT molecular complexity index is 351. The predicted molar refractivity (Wildman–Crippen MR) is 44.5 cm³/mol. The minimum Gasteiger partial charge on any atom is -0.421 e. The molecule has 14 heavy (non-hydrogen) atoms. The van der Waals surface area contributed by atoms with Gasteiger partial charge in [-0.15, -0.1) is 6.42 Å². The molecule has 0 aromatic heterocycles. The zero-order valence-electron chi connectivity index (χ0n) is 7.13. The molecule has 7 heteroatoms. The van der Waals surface area contributed by atoms with Gasteiger partial charge >= 0.3 is 16.3 Å². The third kappa shape index (κ3) is 2.61. The van der Waals surface area contributed by atoms with Gasteiger partial charge in [0.2, 0.25) is 5.44 Å². The van der Waals surface area contributed by atoms with Crippen LogP contribution in [-0.2, 0) is 23.8 Å². The van der Waals surface area contributed by atoms with Gasteiger partial charge in [-0.1, -0.05) is 5.92 Å². The highest BCUT2D eigenvalue weighted by Gasteiger charge is 2.36. The number of rotatable bonds is 2. The summed E-state index contributed by atoms with van der Waals surface area (Å²) in [5.41, 5.74) is -1.28. The molecule has 6 nitrogen and oxygen atoms in total. The van der Waals surface area contributed by atoms with E-state index in [4.69, 9.17) is 6.42 Å².